The second-order valence-electron chi connectivity index (χ2n) is 4.35. The third kappa shape index (κ3) is 3.98. The number of nitro benzene ring substituents is 1. The van der Waals surface area contributed by atoms with E-state index in [0.29, 0.717) is 12.2 Å². The average molecular weight is 271 g/mol. The van der Waals surface area contributed by atoms with Crippen molar-refractivity contribution in [3.05, 3.63) is 64.7 Å². The van der Waals surface area contributed by atoms with Gasteiger partial charge in [-0.1, -0.05) is 30.3 Å². The van der Waals surface area contributed by atoms with Crippen LogP contribution in [-0.2, 0) is 0 Å². The predicted molar refractivity (Wildman–Crippen MR) is 81.1 cm³/mol. The molecule has 0 amide bonds. The standard InChI is InChI=1S/C15H17N3O2/c19-18(20)15-10-5-4-9-14(15)17-12-6-11-16-13-7-2-1-3-8-13/h1-5,7-10,16-17H,6,11-12H2. The summed E-state index contributed by atoms with van der Waals surface area (Å²) in [5.74, 6) is 0. The number of nitro groups is 1. The molecule has 0 saturated heterocycles. The number of hydrogen-bond acceptors (Lipinski definition) is 4. The van der Waals surface area contributed by atoms with E-state index in [1.165, 1.54) is 6.07 Å². The van der Waals surface area contributed by atoms with Gasteiger partial charge in [0.2, 0.25) is 0 Å². The zero-order valence-corrected chi connectivity index (χ0v) is 11.1. The quantitative estimate of drug-likeness (QED) is 0.459. The van der Waals surface area contributed by atoms with Crippen molar-refractivity contribution in [2.75, 3.05) is 23.7 Å². The van der Waals surface area contributed by atoms with Crippen molar-refractivity contribution >= 4 is 17.1 Å². The Hall–Kier alpha value is -2.56. The number of nitrogens with one attached hydrogen (secondary N) is 2. The van der Waals surface area contributed by atoms with Crippen LogP contribution in [0.15, 0.2) is 54.6 Å². The van der Waals surface area contributed by atoms with Gasteiger partial charge in [0.15, 0.2) is 0 Å². The molecule has 5 nitrogen and oxygen atoms in total. The number of para-hydroxylation sites is 3. The lowest BCUT2D eigenvalue weighted by Crippen LogP contribution is -2.10. The van der Waals surface area contributed by atoms with Crippen molar-refractivity contribution in [3.63, 3.8) is 0 Å². The van der Waals surface area contributed by atoms with Crippen LogP contribution in [0.25, 0.3) is 0 Å². The van der Waals surface area contributed by atoms with Crippen LogP contribution in [0, 0.1) is 10.1 Å². The molecule has 0 saturated carbocycles. The van der Waals surface area contributed by atoms with Crippen molar-refractivity contribution in [1.29, 1.82) is 0 Å². The van der Waals surface area contributed by atoms with Gasteiger partial charge in [0.05, 0.1) is 4.92 Å². The maximum atomic E-state index is 10.8. The maximum absolute atomic E-state index is 10.8. The molecule has 2 aromatic rings. The Morgan fingerprint density at radius 1 is 0.900 bits per heavy atom. The second kappa shape index (κ2) is 7.13. The van der Waals surface area contributed by atoms with Gasteiger partial charge in [-0.2, -0.15) is 0 Å². The lowest BCUT2D eigenvalue weighted by atomic mass is 10.2. The third-order valence-corrected chi connectivity index (χ3v) is 2.87. The molecule has 20 heavy (non-hydrogen) atoms. The molecule has 2 N–H and O–H groups in total. The van der Waals surface area contributed by atoms with Gasteiger partial charge in [0.1, 0.15) is 5.69 Å². The molecule has 0 aliphatic heterocycles. The lowest BCUT2D eigenvalue weighted by molar-refractivity contribution is -0.384. The topological polar surface area (TPSA) is 67.2 Å². The fraction of sp³-hybridized carbons (Fsp3) is 0.200. The van der Waals surface area contributed by atoms with Gasteiger partial charge in [-0.05, 0) is 24.6 Å². The third-order valence-electron chi connectivity index (χ3n) is 2.87. The first kappa shape index (κ1) is 13.9. The zero-order chi connectivity index (χ0) is 14.2. The lowest BCUT2D eigenvalue weighted by Gasteiger charge is -2.08. The number of nitrogens with zero attached hydrogens (tertiary/aromatic N) is 1. The Morgan fingerprint density at radius 3 is 2.30 bits per heavy atom. The van der Waals surface area contributed by atoms with Crippen molar-refractivity contribution in [1.82, 2.24) is 0 Å². The minimum Gasteiger partial charge on any atom is -0.385 e. The molecular formula is C15H17N3O2. The summed E-state index contributed by atoms with van der Waals surface area (Å²) in [5.41, 5.74) is 1.76. The van der Waals surface area contributed by atoms with E-state index >= 15 is 0 Å². The van der Waals surface area contributed by atoms with E-state index in [0.717, 1.165) is 18.7 Å². The zero-order valence-electron chi connectivity index (χ0n) is 11.1. The summed E-state index contributed by atoms with van der Waals surface area (Å²) in [7, 11) is 0. The number of anilines is 2. The molecule has 0 fully saturated rings. The molecule has 0 unspecified atom stereocenters. The largest absolute Gasteiger partial charge is 0.385 e. The second-order valence-corrected chi connectivity index (χ2v) is 4.35. The van der Waals surface area contributed by atoms with Crippen LogP contribution in [0.5, 0.6) is 0 Å². The molecule has 5 heteroatoms. The molecular weight excluding hydrogens is 254 g/mol. The van der Waals surface area contributed by atoms with Crippen molar-refractivity contribution in [2.24, 2.45) is 0 Å². The van der Waals surface area contributed by atoms with Crippen LogP contribution in [0.3, 0.4) is 0 Å². The molecule has 0 atom stereocenters. The predicted octanol–water partition coefficient (Wildman–Crippen LogP) is 3.51. The molecule has 2 aromatic carbocycles. The van der Waals surface area contributed by atoms with Crippen LogP contribution in [-0.4, -0.2) is 18.0 Å². The first-order valence-corrected chi connectivity index (χ1v) is 6.53. The van der Waals surface area contributed by atoms with Crippen LogP contribution < -0.4 is 10.6 Å². The molecule has 0 aromatic heterocycles. The first-order valence-electron chi connectivity index (χ1n) is 6.53. The first-order chi connectivity index (χ1) is 9.77. The number of rotatable bonds is 7. The van der Waals surface area contributed by atoms with Crippen LogP contribution >= 0.6 is 0 Å². The van der Waals surface area contributed by atoms with E-state index in [4.69, 9.17) is 0 Å². The van der Waals surface area contributed by atoms with E-state index in [9.17, 15) is 10.1 Å². The Balaban J connectivity index is 1.75. The van der Waals surface area contributed by atoms with Gasteiger partial charge in [0.25, 0.3) is 5.69 Å². The van der Waals surface area contributed by atoms with Crippen molar-refractivity contribution in [2.45, 2.75) is 6.42 Å². The van der Waals surface area contributed by atoms with E-state index in [1.54, 1.807) is 18.2 Å². The molecule has 104 valence electrons. The summed E-state index contributed by atoms with van der Waals surface area (Å²) in [4.78, 5) is 10.5. The monoisotopic (exact) mass is 271 g/mol. The van der Waals surface area contributed by atoms with Crippen molar-refractivity contribution < 1.29 is 4.92 Å². The highest BCUT2D eigenvalue weighted by atomic mass is 16.6. The minimum absolute atomic E-state index is 0.114. The molecule has 0 spiro atoms. The highest BCUT2D eigenvalue weighted by Crippen LogP contribution is 2.22. The molecule has 2 rings (SSSR count). The fourth-order valence-electron chi connectivity index (χ4n) is 1.88. The summed E-state index contributed by atoms with van der Waals surface area (Å²) in [5, 5.41) is 17.2. The molecule has 0 bridgehead atoms. The van der Waals surface area contributed by atoms with Gasteiger partial charge in [0, 0.05) is 24.8 Å². The normalized spacial score (nSPS) is 10.0. The highest BCUT2D eigenvalue weighted by Gasteiger charge is 2.10. The summed E-state index contributed by atoms with van der Waals surface area (Å²) in [6.45, 7) is 1.50. The molecule has 0 radical (unpaired) electrons. The van der Waals surface area contributed by atoms with Gasteiger partial charge in [-0.15, -0.1) is 0 Å². The highest BCUT2D eigenvalue weighted by molar-refractivity contribution is 5.61. The smallest absolute Gasteiger partial charge is 0.292 e. The van der Waals surface area contributed by atoms with Crippen molar-refractivity contribution in [3.8, 4) is 0 Å². The minimum atomic E-state index is -0.370. The van der Waals surface area contributed by atoms with E-state index in [-0.39, 0.29) is 10.6 Å². The Labute approximate surface area is 117 Å². The van der Waals surface area contributed by atoms with E-state index in [1.807, 2.05) is 30.3 Å². The summed E-state index contributed by atoms with van der Waals surface area (Å²) < 4.78 is 0. The summed E-state index contributed by atoms with van der Waals surface area (Å²) >= 11 is 0. The Kier molecular flexibility index (Phi) is 4.94. The van der Waals surface area contributed by atoms with Gasteiger partial charge < -0.3 is 10.6 Å². The van der Waals surface area contributed by atoms with Gasteiger partial charge in [-0.3, -0.25) is 10.1 Å². The van der Waals surface area contributed by atoms with Crippen LogP contribution in [0.2, 0.25) is 0 Å². The summed E-state index contributed by atoms with van der Waals surface area (Å²) in [6, 6.07) is 16.6. The average Bonchev–Trinajstić information content (AvgIpc) is 2.48. The number of hydrogen-bond donors (Lipinski definition) is 2. The Bertz CT molecular complexity index is 558. The van der Waals surface area contributed by atoms with Gasteiger partial charge >= 0.3 is 0 Å². The fourth-order valence-corrected chi connectivity index (χ4v) is 1.88. The SMILES string of the molecule is O=[N+]([O-])c1ccccc1NCCCNc1ccccc1. The molecule has 0 aliphatic rings. The van der Waals surface area contributed by atoms with E-state index < -0.39 is 0 Å². The Morgan fingerprint density at radius 2 is 1.55 bits per heavy atom. The van der Waals surface area contributed by atoms with E-state index in [2.05, 4.69) is 10.6 Å². The maximum Gasteiger partial charge on any atom is 0.292 e. The molecule has 0 aliphatic carbocycles. The van der Waals surface area contributed by atoms with Gasteiger partial charge in [-0.25, -0.2) is 0 Å². The molecule has 0 heterocycles. The number of benzene rings is 2. The summed E-state index contributed by atoms with van der Waals surface area (Å²) in [6.07, 6.45) is 0.876. The van der Waals surface area contributed by atoms with Crippen LogP contribution in [0.4, 0.5) is 17.1 Å². The van der Waals surface area contributed by atoms with Crippen LogP contribution in [0.1, 0.15) is 6.42 Å².